The van der Waals surface area contributed by atoms with Crippen molar-refractivity contribution in [3.63, 3.8) is 0 Å². The Hall–Kier alpha value is -2.74. The molecule has 31 heavy (non-hydrogen) atoms. The topological polar surface area (TPSA) is 88.9 Å². The molecule has 1 saturated carbocycles. The largest absolute Gasteiger partial charge is 0.497 e. The average molecular weight is 423 g/mol. The molecule has 1 aromatic carbocycles. The lowest BCUT2D eigenvalue weighted by Gasteiger charge is -2.34. The summed E-state index contributed by atoms with van der Waals surface area (Å²) < 4.78 is 7.33. The first-order valence-electron chi connectivity index (χ1n) is 11.5. The number of aromatic amines is 1. The summed E-state index contributed by atoms with van der Waals surface area (Å²) >= 11 is 0. The number of aromatic nitrogens is 5. The van der Waals surface area contributed by atoms with Gasteiger partial charge in [-0.15, -0.1) is 5.10 Å². The van der Waals surface area contributed by atoms with E-state index < -0.39 is 0 Å². The molecule has 0 radical (unpaired) electrons. The molecule has 164 valence electrons. The van der Waals surface area contributed by atoms with Crippen molar-refractivity contribution in [1.29, 1.82) is 0 Å². The summed E-state index contributed by atoms with van der Waals surface area (Å²) in [5.74, 6) is 1.52. The minimum atomic E-state index is -0.243. The van der Waals surface area contributed by atoms with Gasteiger partial charge in [0.2, 0.25) is 0 Å². The summed E-state index contributed by atoms with van der Waals surface area (Å²) in [4.78, 5) is 18.8. The van der Waals surface area contributed by atoms with E-state index in [1.807, 2.05) is 28.9 Å². The second-order valence-electron chi connectivity index (χ2n) is 8.78. The van der Waals surface area contributed by atoms with E-state index in [1.165, 1.54) is 25.7 Å². The van der Waals surface area contributed by atoms with E-state index in [2.05, 4.69) is 25.4 Å². The predicted octanol–water partition coefficient (Wildman–Crippen LogP) is 3.60. The minimum Gasteiger partial charge on any atom is -0.497 e. The standard InChI is InChI=1S/C23H30N6O2/c1-31-18-11-10-16-14-19(23(30)24-20(16)15-18)21(28-12-6-3-7-13-28)22-25-26-27-29(22)17-8-4-2-5-9-17/h10-11,14-15,17,21H,2-9,12-13H2,1H3,(H,24,30)/t21-/m0/s1. The van der Waals surface area contributed by atoms with Crippen LogP contribution in [0.3, 0.4) is 0 Å². The molecule has 3 heterocycles. The number of tetrazole rings is 1. The SMILES string of the molecule is COc1ccc2cc([C@@H](c3nnnn3C3CCCCC3)N3CCCCC3)c(=O)[nH]c2c1. The zero-order valence-corrected chi connectivity index (χ0v) is 18.1. The fourth-order valence-corrected chi connectivity index (χ4v) is 5.17. The summed E-state index contributed by atoms with van der Waals surface area (Å²) in [6, 6.07) is 7.86. The summed E-state index contributed by atoms with van der Waals surface area (Å²) in [6.07, 6.45) is 9.36. The third-order valence-electron chi connectivity index (χ3n) is 6.82. The van der Waals surface area contributed by atoms with Crippen molar-refractivity contribution in [3.8, 4) is 5.75 Å². The fourth-order valence-electron chi connectivity index (χ4n) is 5.17. The van der Waals surface area contributed by atoms with E-state index in [-0.39, 0.29) is 11.6 Å². The monoisotopic (exact) mass is 422 g/mol. The molecule has 0 spiro atoms. The van der Waals surface area contributed by atoms with Gasteiger partial charge in [-0.1, -0.05) is 25.7 Å². The summed E-state index contributed by atoms with van der Waals surface area (Å²) in [6.45, 7) is 1.89. The number of methoxy groups -OCH3 is 1. The maximum atomic E-state index is 13.3. The number of benzene rings is 1. The second kappa shape index (κ2) is 8.78. The predicted molar refractivity (Wildman–Crippen MR) is 118 cm³/mol. The van der Waals surface area contributed by atoms with Crippen molar-refractivity contribution in [2.24, 2.45) is 0 Å². The Balaban J connectivity index is 1.62. The van der Waals surface area contributed by atoms with Crippen molar-refractivity contribution < 1.29 is 4.74 Å². The number of hydrogen-bond acceptors (Lipinski definition) is 6. The van der Waals surface area contributed by atoms with Gasteiger partial charge in [-0.25, -0.2) is 4.68 Å². The molecule has 3 aromatic rings. The molecule has 1 atom stereocenters. The lowest BCUT2D eigenvalue weighted by atomic mass is 9.94. The Kier molecular flexibility index (Phi) is 5.72. The zero-order chi connectivity index (χ0) is 21.2. The van der Waals surface area contributed by atoms with Crippen molar-refractivity contribution in [3.05, 3.63) is 46.0 Å². The number of fused-ring (bicyclic) bond motifs is 1. The molecular formula is C23H30N6O2. The van der Waals surface area contributed by atoms with Crippen LogP contribution in [0.15, 0.2) is 29.1 Å². The van der Waals surface area contributed by atoms with Gasteiger partial charge in [-0.2, -0.15) is 0 Å². The van der Waals surface area contributed by atoms with Crippen molar-refractivity contribution in [1.82, 2.24) is 30.1 Å². The number of ether oxygens (including phenoxy) is 1. The fraction of sp³-hybridized carbons (Fsp3) is 0.565. The molecule has 1 aliphatic heterocycles. The highest BCUT2D eigenvalue weighted by Crippen LogP contribution is 2.34. The number of H-pyrrole nitrogens is 1. The third kappa shape index (κ3) is 3.96. The molecular weight excluding hydrogens is 392 g/mol. The quantitative estimate of drug-likeness (QED) is 0.676. The van der Waals surface area contributed by atoms with E-state index in [4.69, 9.17) is 4.74 Å². The number of nitrogens with zero attached hydrogens (tertiary/aromatic N) is 5. The second-order valence-corrected chi connectivity index (χ2v) is 8.78. The van der Waals surface area contributed by atoms with Crippen molar-refractivity contribution in [2.45, 2.75) is 63.5 Å². The maximum absolute atomic E-state index is 13.3. The lowest BCUT2D eigenvalue weighted by molar-refractivity contribution is 0.171. The van der Waals surface area contributed by atoms with Crippen LogP contribution in [-0.2, 0) is 0 Å². The normalized spacial score (nSPS) is 19.5. The summed E-state index contributed by atoms with van der Waals surface area (Å²) in [5.41, 5.74) is 1.40. The Morgan fingerprint density at radius 2 is 1.84 bits per heavy atom. The molecule has 8 heteroatoms. The van der Waals surface area contributed by atoms with E-state index in [9.17, 15) is 4.79 Å². The van der Waals surface area contributed by atoms with Crippen LogP contribution < -0.4 is 10.3 Å². The van der Waals surface area contributed by atoms with Gasteiger partial charge >= 0.3 is 0 Å². The molecule has 1 saturated heterocycles. The molecule has 8 nitrogen and oxygen atoms in total. The van der Waals surface area contributed by atoms with Gasteiger partial charge < -0.3 is 9.72 Å². The molecule has 1 N–H and O–H groups in total. The van der Waals surface area contributed by atoms with Crippen LogP contribution in [0.5, 0.6) is 5.75 Å². The number of piperidine rings is 1. The van der Waals surface area contributed by atoms with E-state index in [1.54, 1.807) is 7.11 Å². The molecule has 2 fully saturated rings. The maximum Gasteiger partial charge on any atom is 0.253 e. The molecule has 2 aliphatic rings. The lowest BCUT2D eigenvalue weighted by Crippen LogP contribution is -2.39. The number of rotatable bonds is 5. The highest BCUT2D eigenvalue weighted by atomic mass is 16.5. The van der Waals surface area contributed by atoms with Crippen LogP contribution in [0.1, 0.15) is 74.8 Å². The number of nitrogens with one attached hydrogen (secondary N) is 1. The van der Waals surface area contributed by atoms with Gasteiger partial charge in [0.25, 0.3) is 5.56 Å². The number of hydrogen-bond donors (Lipinski definition) is 1. The molecule has 1 aliphatic carbocycles. The summed E-state index contributed by atoms with van der Waals surface area (Å²) in [7, 11) is 1.63. The van der Waals surface area contributed by atoms with Crippen LogP contribution >= 0.6 is 0 Å². The van der Waals surface area contributed by atoms with Gasteiger partial charge in [-0.05, 0) is 72.8 Å². The van der Waals surface area contributed by atoms with Gasteiger partial charge in [0.15, 0.2) is 5.82 Å². The Labute approximate surface area is 181 Å². The Morgan fingerprint density at radius 1 is 1.06 bits per heavy atom. The van der Waals surface area contributed by atoms with Crippen LogP contribution in [0.4, 0.5) is 0 Å². The zero-order valence-electron chi connectivity index (χ0n) is 18.1. The van der Waals surface area contributed by atoms with Crippen LogP contribution in [0, 0.1) is 0 Å². The first kappa shape index (κ1) is 20.2. The van der Waals surface area contributed by atoms with Crippen LogP contribution in [0.2, 0.25) is 0 Å². The van der Waals surface area contributed by atoms with Gasteiger partial charge in [0.05, 0.1) is 18.7 Å². The Morgan fingerprint density at radius 3 is 2.61 bits per heavy atom. The van der Waals surface area contributed by atoms with Gasteiger partial charge in [0.1, 0.15) is 11.8 Å². The van der Waals surface area contributed by atoms with Crippen molar-refractivity contribution >= 4 is 10.9 Å². The minimum absolute atomic E-state index is 0.0884. The van der Waals surface area contributed by atoms with Crippen LogP contribution in [0.25, 0.3) is 10.9 Å². The molecule has 2 aromatic heterocycles. The summed E-state index contributed by atoms with van der Waals surface area (Å²) in [5, 5.41) is 13.9. The van der Waals surface area contributed by atoms with Gasteiger partial charge in [0, 0.05) is 11.6 Å². The molecule has 0 unspecified atom stereocenters. The molecule has 5 rings (SSSR count). The number of likely N-dealkylation sites (tertiary alicyclic amines) is 1. The average Bonchev–Trinajstić information content (AvgIpc) is 3.30. The third-order valence-corrected chi connectivity index (χ3v) is 6.82. The first-order chi connectivity index (χ1) is 15.2. The smallest absolute Gasteiger partial charge is 0.253 e. The number of pyridine rings is 1. The van der Waals surface area contributed by atoms with Gasteiger partial charge in [-0.3, -0.25) is 9.69 Å². The molecule has 0 amide bonds. The van der Waals surface area contributed by atoms with Crippen LogP contribution in [-0.4, -0.2) is 50.3 Å². The Bertz CT molecular complexity index is 1090. The highest BCUT2D eigenvalue weighted by molar-refractivity contribution is 5.80. The van der Waals surface area contributed by atoms with E-state index >= 15 is 0 Å². The molecule has 0 bridgehead atoms. The first-order valence-corrected chi connectivity index (χ1v) is 11.5. The van der Waals surface area contributed by atoms with E-state index in [0.29, 0.717) is 11.6 Å². The van der Waals surface area contributed by atoms with E-state index in [0.717, 1.165) is 61.2 Å². The van der Waals surface area contributed by atoms with Crippen molar-refractivity contribution in [2.75, 3.05) is 20.2 Å². The highest BCUT2D eigenvalue weighted by Gasteiger charge is 2.33.